The number of carbonyl (C=O) groups excluding carboxylic acids is 2. The van der Waals surface area contributed by atoms with Crippen molar-refractivity contribution in [3.63, 3.8) is 0 Å². The maximum atomic E-state index is 13.5. The van der Waals surface area contributed by atoms with Crippen molar-refractivity contribution < 1.29 is 32.2 Å². The summed E-state index contributed by atoms with van der Waals surface area (Å²) < 4.78 is 51.9. The van der Waals surface area contributed by atoms with E-state index in [-0.39, 0.29) is 17.9 Å². The Balaban J connectivity index is 1.67. The van der Waals surface area contributed by atoms with Crippen molar-refractivity contribution in [3.8, 4) is 22.6 Å². The molecule has 4 rings (SSSR count). The SMILES string of the molecule is COc1ccc(-c2cnn3c2NC(=O)C[C@@H]3C(=O)Nc2cc(F)c(F)c(F)c2)cc1OC. The summed E-state index contributed by atoms with van der Waals surface area (Å²) in [7, 11) is 2.99. The third-order valence-corrected chi connectivity index (χ3v) is 4.98. The van der Waals surface area contributed by atoms with Crippen molar-refractivity contribution in [3.05, 3.63) is 54.0 Å². The third kappa shape index (κ3) is 3.72. The summed E-state index contributed by atoms with van der Waals surface area (Å²) in [4.78, 5) is 25.1. The zero-order valence-corrected chi connectivity index (χ0v) is 16.9. The van der Waals surface area contributed by atoms with Gasteiger partial charge in [0.25, 0.3) is 0 Å². The van der Waals surface area contributed by atoms with Crippen LogP contribution >= 0.6 is 0 Å². The lowest BCUT2D eigenvalue weighted by Crippen LogP contribution is -2.35. The van der Waals surface area contributed by atoms with Gasteiger partial charge in [0.1, 0.15) is 11.9 Å². The van der Waals surface area contributed by atoms with E-state index in [2.05, 4.69) is 15.7 Å². The zero-order valence-electron chi connectivity index (χ0n) is 16.9. The normalized spacial score (nSPS) is 15.0. The minimum Gasteiger partial charge on any atom is -0.493 e. The second-order valence-electron chi connectivity index (χ2n) is 6.93. The van der Waals surface area contributed by atoms with Crippen molar-refractivity contribution in [2.24, 2.45) is 0 Å². The smallest absolute Gasteiger partial charge is 0.249 e. The Hall–Kier alpha value is -4.02. The molecule has 2 amide bonds. The maximum Gasteiger partial charge on any atom is 0.249 e. The van der Waals surface area contributed by atoms with Crippen LogP contribution in [0.2, 0.25) is 0 Å². The lowest BCUT2D eigenvalue weighted by Gasteiger charge is -2.24. The molecule has 3 aromatic rings. The topological polar surface area (TPSA) is 94.5 Å². The first kappa shape index (κ1) is 21.2. The van der Waals surface area contributed by atoms with E-state index in [9.17, 15) is 22.8 Å². The minimum atomic E-state index is -1.64. The molecule has 32 heavy (non-hydrogen) atoms. The highest BCUT2D eigenvalue weighted by atomic mass is 19.2. The van der Waals surface area contributed by atoms with E-state index in [1.807, 2.05) is 0 Å². The molecule has 2 heterocycles. The van der Waals surface area contributed by atoms with Crippen LogP contribution in [0.3, 0.4) is 0 Å². The number of halogens is 3. The van der Waals surface area contributed by atoms with Crippen LogP contribution in [0.5, 0.6) is 11.5 Å². The van der Waals surface area contributed by atoms with Gasteiger partial charge in [-0.1, -0.05) is 6.07 Å². The quantitative estimate of drug-likeness (QED) is 0.585. The van der Waals surface area contributed by atoms with Gasteiger partial charge < -0.3 is 20.1 Å². The Morgan fingerprint density at radius 1 is 1.12 bits per heavy atom. The van der Waals surface area contributed by atoms with Gasteiger partial charge in [-0.3, -0.25) is 9.59 Å². The first-order valence-corrected chi connectivity index (χ1v) is 9.37. The van der Waals surface area contributed by atoms with E-state index in [0.717, 1.165) is 0 Å². The first-order chi connectivity index (χ1) is 15.3. The largest absolute Gasteiger partial charge is 0.493 e. The van der Waals surface area contributed by atoms with E-state index in [1.54, 1.807) is 18.2 Å². The van der Waals surface area contributed by atoms with Gasteiger partial charge in [0, 0.05) is 23.4 Å². The number of nitrogens with zero attached hydrogens (tertiary/aromatic N) is 2. The number of ether oxygens (including phenoxy) is 2. The third-order valence-electron chi connectivity index (χ3n) is 4.98. The number of nitrogens with one attached hydrogen (secondary N) is 2. The summed E-state index contributed by atoms with van der Waals surface area (Å²) in [6.45, 7) is 0. The Morgan fingerprint density at radius 3 is 2.47 bits per heavy atom. The lowest BCUT2D eigenvalue weighted by molar-refractivity contribution is -0.125. The van der Waals surface area contributed by atoms with Crippen LogP contribution in [0.25, 0.3) is 11.1 Å². The van der Waals surface area contributed by atoms with Gasteiger partial charge in [-0.2, -0.15) is 5.10 Å². The standard InChI is InChI=1S/C21H17F3N4O4/c1-31-16-4-3-10(5-17(16)32-2)12-9-25-28-15(8-18(29)27-20(12)28)21(30)26-11-6-13(22)19(24)14(23)7-11/h3-7,9,15H,8H2,1-2H3,(H,26,30)(H,27,29)/t15-/m1/s1. The van der Waals surface area contributed by atoms with Gasteiger partial charge in [0.2, 0.25) is 11.8 Å². The number of amides is 2. The van der Waals surface area contributed by atoms with Crippen LogP contribution in [-0.2, 0) is 9.59 Å². The van der Waals surface area contributed by atoms with E-state index < -0.39 is 35.3 Å². The summed E-state index contributed by atoms with van der Waals surface area (Å²) in [5, 5.41) is 9.21. The average Bonchev–Trinajstić information content (AvgIpc) is 3.19. The second-order valence-corrected chi connectivity index (χ2v) is 6.93. The molecule has 166 valence electrons. The molecule has 0 bridgehead atoms. The monoisotopic (exact) mass is 446 g/mol. The van der Waals surface area contributed by atoms with Gasteiger partial charge in [-0.05, 0) is 17.7 Å². The molecule has 0 radical (unpaired) electrons. The predicted molar refractivity (Wildman–Crippen MR) is 108 cm³/mol. The molecule has 2 aromatic carbocycles. The second kappa shape index (κ2) is 8.25. The molecule has 0 saturated carbocycles. The minimum absolute atomic E-state index is 0.252. The number of benzene rings is 2. The number of aromatic nitrogens is 2. The molecule has 0 saturated heterocycles. The van der Waals surface area contributed by atoms with Crippen LogP contribution in [0.1, 0.15) is 12.5 Å². The van der Waals surface area contributed by atoms with Crippen molar-refractivity contribution >= 4 is 23.3 Å². The fourth-order valence-corrected chi connectivity index (χ4v) is 3.44. The van der Waals surface area contributed by atoms with Crippen LogP contribution in [0.15, 0.2) is 36.5 Å². The molecule has 0 unspecified atom stereocenters. The fourth-order valence-electron chi connectivity index (χ4n) is 3.44. The van der Waals surface area contributed by atoms with Crippen molar-refractivity contribution in [1.82, 2.24) is 9.78 Å². The number of anilines is 2. The number of hydrogen-bond acceptors (Lipinski definition) is 5. The molecule has 8 nitrogen and oxygen atoms in total. The maximum absolute atomic E-state index is 13.5. The molecule has 1 aliphatic rings. The lowest BCUT2D eigenvalue weighted by atomic mass is 10.1. The number of methoxy groups -OCH3 is 2. The Bertz CT molecular complexity index is 1200. The van der Waals surface area contributed by atoms with E-state index in [0.29, 0.717) is 34.8 Å². The van der Waals surface area contributed by atoms with Crippen LogP contribution in [0, 0.1) is 17.5 Å². The van der Waals surface area contributed by atoms with Crippen molar-refractivity contribution in [2.45, 2.75) is 12.5 Å². The van der Waals surface area contributed by atoms with Crippen LogP contribution in [-0.4, -0.2) is 35.8 Å². The van der Waals surface area contributed by atoms with E-state index in [1.165, 1.54) is 25.1 Å². The molecule has 0 spiro atoms. The summed E-state index contributed by atoms with van der Waals surface area (Å²) in [5.74, 6) is -4.49. The zero-order chi connectivity index (χ0) is 23.0. The molecule has 1 aromatic heterocycles. The highest BCUT2D eigenvalue weighted by Crippen LogP contribution is 2.38. The van der Waals surface area contributed by atoms with E-state index in [4.69, 9.17) is 9.47 Å². The first-order valence-electron chi connectivity index (χ1n) is 9.37. The number of hydrogen-bond donors (Lipinski definition) is 2. The Morgan fingerprint density at radius 2 is 1.81 bits per heavy atom. The molecule has 1 aliphatic heterocycles. The van der Waals surface area contributed by atoms with Crippen molar-refractivity contribution in [2.75, 3.05) is 24.9 Å². The molecule has 0 aliphatic carbocycles. The Kier molecular flexibility index (Phi) is 5.47. The molecular formula is C21H17F3N4O4. The van der Waals surface area contributed by atoms with Crippen molar-refractivity contribution in [1.29, 1.82) is 0 Å². The average molecular weight is 446 g/mol. The molecular weight excluding hydrogens is 429 g/mol. The summed E-state index contributed by atoms with van der Waals surface area (Å²) in [6.07, 6.45) is 1.22. The number of fused-ring (bicyclic) bond motifs is 1. The van der Waals surface area contributed by atoms with Gasteiger partial charge in [0.05, 0.1) is 26.8 Å². The van der Waals surface area contributed by atoms with Gasteiger partial charge >= 0.3 is 0 Å². The fraction of sp³-hybridized carbons (Fsp3) is 0.190. The molecule has 2 N–H and O–H groups in total. The van der Waals surface area contributed by atoms with Gasteiger partial charge in [0.15, 0.2) is 29.0 Å². The summed E-state index contributed by atoms with van der Waals surface area (Å²) in [5.41, 5.74) is 0.884. The van der Waals surface area contributed by atoms with Gasteiger partial charge in [-0.25, -0.2) is 17.9 Å². The van der Waals surface area contributed by atoms with Crippen LogP contribution in [0.4, 0.5) is 24.7 Å². The van der Waals surface area contributed by atoms with E-state index >= 15 is 0 Å². The summed E-state index contributed by atoms with van der Waals surface area (Å²) >= 11 is 0. The number of rotatable bonds is 5. The predicted octanol–water partition coefficient (Wildman–Crippen LogP) is 3.51. The number of carbonyl (C=O) groups is 2. The Labute approximate surface area is 179 Å². The highest BCUT2D eigenvalue weighted by Gasteiger charge is 2.33. The summed E-state index contributed by atoms with van der Waals surface area (Å²) in [6, 6.07) is 5.32. The molecule has 1 atom stereocenters. The van der Waals surface area contributed by atoms with Gasteiger partial charge in [-0.15, -0.1) is 0 Å². The molecule has 11 heteroatoms. The molecule has 0 fully saturated rings. The highest BCUT2D eigenvalue weighted by molar-refractivity contribution is 6.03. The van der Waals surface area contributed by atoms with Crippen LogP contribution < -0.4 is 20.1 Å².